The molecular weight excluding hydrogens is 528 g/mol. The summed E-state index contributed by atoms with van der Waals surface area (Å²) in [5.41, 5.74) is -2.88. The molecular formula is C32H52O9. The van der Waals surface area contributed by atoms with Gasteiger partial charge in [0.2, 0.25) is 0 Å². The van der Waals surface area contributed by atoms with Gasteiger partial charge in [-0.3, -0.25) is 14.4 Å². The van der Waals surface area contributed by atoms with Crippen LogP contribution in [-0.2, 0) is 42.8 Å². The molecule has 0 unspecified atom stereocenters. The fraction of sp³-hybridized carbons (Fsp3) is 0.906. The van der Waals surface area contributed by atoms with Gasteiger partial charge in [-0.15, -0.1) is 0 Å². The van der Waals surface area contributed by atoms with Crippen LogP contribution < -0.4 is 0 Å². The van der Waals surface area contributed by atoms with Crippen LogP contribution in [0.5, 0.6) is 0 Å². The number of carbonyl (C=O) groups excluding carboxylic acids is 3. The van der Waals surface area contributed by atoms with Crippen LogP contribution in [0.1, 0.15) is 102 Å². The molecule has 1 spiro atoms. The van der Waals surface area contributed by atoms with Crippen molar-refractivity contribution >= 4 is 17.9 Å². The van der Waals surface area contributed by atoms with Gasteiger partial charge in [-0.05, 0) is 86.5 Å². The van der Waals surface area contributed by atoms with E-state index in [-0.39, 0.29) is 10.8 Å². The molecule has 9 heteroatoms. The van der Waals surface area contributed by atoms with Crippen molar-refractivity contribution in [2.45, 2.75) is 145 Å². The number of esters is 3. The fourth-order valence-corrected chi connectivity index (χ4v) is 6.97. The average Bonchev–Trinajstić information content (AvgIpc) is 3.36. The molecule has 4 fully saturated rings. The molecule has 41 heavy (non-hydrogen) atoms. The van der Waals surface area contributed by atoms with Gasteiger partial charge in [0, 0.05) is 18.9 Å². The Balaban J connectivity index is 1.84. The number of hydrogen-bond donors (Lipinski definition) is 0. The Hall–Kier alpha value is -1.71. The van der Waals surface area contributed by atoms with E-state index in [9.17, 15) is 14.4 Å². The maximum Gasteiger partial charge on any atom is 0.311 e. The Morgan fingerprint density at radius 2 is 1.05 bits per heavy atom. The van der Waals surface area contributed by atoms with Crippen LogP contribution in [0.25, 0.3) is 0 Å². The Morgan fingerprint density at radius 3 is 1.37 bits per heavy atom. The Labute approximate surface area is 245 Å². The summed E-state index contributed by atoms with van der Waals surface area (Å²) >= 11 is 0. The highest BCUT2D eigenvalue weighted by molar-refractivity contribution is 5.77. The molecule has 0 N–H and O–H groups in total. The first kappa shape index (κ1) is 32.2. The van der Waals surface area contributed by atoms with Gasteiger partial charge in [0.1, 0.15) is 18.3 Å². The van der Waals surface area contributed by atoms with Gasteiger partial charge in [0.05, 0.1) is 16.2 Å². The second-order valence-electron chi connectivity index (χ2n) is 16.5. The van der Waals surface area contributed by atoms with Crippen LogP contribution in [0.15, 0.2) is 0 Å². The van der Waals surface area contributed by atoms with E-state index < -0.39 is 76.6 Å². The molecule has 0 aromatic carbocycles. The number of fused-ring (bicyclic) bond motifs is 4. The highest BCUT2D eigenvalue weighted by Crippen LogP contribution is 2.73. The van der Waals surface area contributed by atoms with Gasteiger partial charge >= 0.3 is 17.9 Å². The average molecular weight is 581 g/mol. The minimum absolute atomic E-state index is 0.0611. The molecule has 9 nitrogen and oxygen atoms in total. The Morgan fingerprint density at radius 1 is 0.659 bits per heavy atom. The van der Waals surface area contributed by atoms with Gasteiger partial charge in [-0.25, -0.2) is 0 Å². The van der Waals surface area contributed by atoms with Crippen LogP contribution in [0, 0.1) is 33.0 Å². The molecule has 234 valence electrons. The van der Waals surface area contributed by atoms with Crippen LogP contribution >= 0.6 is 0 Å². The number of carbonyl (C=O) groups is 3. The van der Waals surface area contributed by atoms with Crippen LogP contribution in [0.3, 0.4) is 0 Å². The van der Waals surface area contributed by atoms with Crippen molar-refractivity contribution in [3.05, 3.63) is 0 Å². The van der Waals surface area contributed by atoms with Gasteiger partial charge in [-0.1, -0.05) is 20.8 Å². The third kappa shape index (κ3) is 5.12. The highest BCUT2D eigenvalue weighted by atomic mass is 16.8. The predicted octanol–water partition coefficient (Wildman–Crippen LogP) is 5.22. The lowest BCUT2D eigenvalue weighted by Gasteiger charge is -2.46. The number of hydrogen-bond acceptors (Lipinski definition) is 9. The predicted molar refractivity (Wildman–Crippen MR) is 151 cm³/mol. The van der Waals surface area contributed by atoms with Crippen molar-refractivity contribution in [2.75, 3.05) is 7.11 Å². The molecule has 1 aliphatic heterocycles. The van der Waals surface area contributed by atoms with Crippen molar-refractivity contribution < 1.29 is 42.8 Å². The first-order chi connectivity index (χ1) is 18.5. The molecule has 9 atom stereocenters. The molecule has 2 bridgehead atoms. The summed E-state index contributed by atoms with van der Waals surface area (Å²) in [7, 11) is 1.47. The third-order valence-electron chi connectivity index (χ3n) is 10.2. The molecule has 0 aromatic rings. The largest absolute Gasteiger partial charge is 0.456 e. The minimum atomic E-state index is -1.10. The molecule has 3 aliphatic carbocycles. The normalized spacial score (nSPS) is 39.9. The van der Waals surface area contributed by atoms with E-state index in [0.29, 0.717) is 12.3 Å². The van der Waals surface area contributed by atoms with Crippen LogP contribution in [0.2, 0.25) is 0 Å². The van der Waals surface area contributed by atoms with E-state index >= 15 is 0 Å². The molecule has 0 amide bonds. The topological polar surface area (TPSA) is 107 Å². The molecule has 1 saturated heterocycles. The number of methoxy groups -OCH3 is 1. The van der Waals surface area contributed by atoms with Gasteiger partial charge in [-0.2, -0.15) is 0 Å². The SMILES string of the molecule is CO[C@@H]1[C@@H](OC(=O)C(C)(C)C)[C@H]2O[C@]3(C[C@@H]4CC[C@@]3(C)C4(C)C)O[C@H]2[C@H](OC(=O)C(C)(C)C)[C@H]1OC(=O)C(C)(C)C. The van der Waals surface area contributed by atoms with Crippen LogP contribution in [0.4, 0.5) is 0 Å². The Kier molecular flexibility index (Phi) is 7.79. The van der Waals surface area contributed by atoms with E-state index in [1.165, 1.54) is 7.11 Å². The molecule has 1 heterocycles. The molecule has 4 aliphatic rings. The lowest BCUT2D eigenvalue weighted by Crippen LogP contribution is -2.67. The molecule has 0 aromatic heterocycles. The molecule has 4 rings (SSSR count). The zero-order valence-electron chi connectivity index (χ0n) is 27.3. The lowest BCUT2D eigenvalue weighted by molar-refractivity contribution is -0.258. The summed E-state index contributed by atoms with van der Waals surface area (Å²) in [6.45, 7) is 22.6. The maximum absolute atomic E-state index is 13.4. The number of ether oxygens (including phenoxy) is 6. The van der Waals surface area contributed by atoms with Gasteiger partial charge < -0.3 is 28.4 Å². The summed E-state index contributed by atoms with van der Waals surface area (Å²) in [5.74, 6) is -2.01. The maximum atomic E-state index is 13.4. The quantitative estimate of drug-likeness (QED) is 0.327. The first-order valence-corrected chi connectivity index (χ1v) is 15.0. The summed E-state index contributed by atoms with van der Waals surface area (Å²) in [6.07, 6.45) is -3.07. The zero-order valence-corrected chi connectivity index (χ0v) is 27.3. The standard InChI is InChI=1S/C32H52O9/c1-27(2,3)24(33)37-19-18(36-13)20(38-25(34)28(4,5)6)22-23(21(19)39-26(35)29(7,8)9)41-32(40-22)16-17-14-15-31(32,12)30(17,10)11/h17-23H,14-16H2,1-13H3/t17-,18-,19-,20+,21+,22+,23-,31-,32+/m0/s1. The van der Waals surface area contributed by atoms with E-state index in [2.05, 4.69) is 20.8 Å². The highest BCUT2D eigenvalue weighted by Gasteiger charge is 2.76. The lowest BCUT2D eigenvalue weighted by atomic mass is 9.68. The second-order valence-corrected chi connectivity index (χ2v) is 16.5. The van der Waals surface area contributed by atoms with E-state index in [1.54, 1.807) is 62.3 Å². The van der Waals surface area contributed by atoms with E-state index in [1.807, 2.05) is 0 Å². The summed E-state index contributed by atoms with van der Waals surface area (Å²) in [4.78, 5) is 40.0. The van der Waals surface area contributed by atoms with Crippen molar-refractivity contribution in [1.82, 2.24) is 0 Å². The second kappa shape index (κ2) is 9.91. The zero-order chi connectivity index (χ0) is 31.1. The van der Waals surface area contributed by atoms with Crippen molar-refractivity contribution in [1.29, 1.82) is 0 Å². The minimum Gasteiger partial charge on any atom is -0.456 e. The van der Waals surface area contributed by atoms with Crippen molar-refractivity contribution in [2.24, 2.45) is 33.0 Å². The van der Waals surface area contributed by atoms with Crippen LogP contribution in [-0.4, -0.2) is 67.4 Å². The Bertz CT molecular complexity index is 1060. The summed E-state index contributed by atoms with van der Waals surface area (Å²) in [5, 5.41) is 0. The first-order valence-electron chi connectivity index (χ1n) is 15.0. The summed E-state index contributed by atoms with van der Waals surface area (Å²) < 4.78 is 38.3. The summed E-state index contributed by atoms with van der Waals surface area (Å²) in [6, 6.07) is 0. The van der Waals surface area contributed by atoms with E-state index in [0.717, 1.165) is 12.8 Å². The van der Waals surface area contributed by atoms with E-state index in [4.69, 9.17) is 28.4 Å². The van der Waals surface area contributed by atoms with Crippen molar-refractivity contribution in [3.63, 3.8) is 0 Å². The van der Waals surface area contributed by atoms with Crippen molar-refractivity contribution in [3.8, 4) is 0 Å². The monoisotopic (exact) mass is 580 g/mol. The van der Waals surface area contributed by atoms with Gasteiger partial charge in [0.15, 0.2) is 24.1 Å². The fourth-order valence-electron chi connectivity index (χ4n) is 6.97. The molecule has 3 saturated carbocycles. The smallest absolute Gasteiger partial charge is 0.311 e. The third-order valence-corrected chi connectivity index (χ3v) is 10.2. The molecule has 0 radical (unpaired) electrons. The number of rotatable bonds is 4. The van der Waals surface area contributed by atoms with Gasteiger partial charge in [0.25, 0.3) is 0 Å².